The molecule has 1 amide bonds. The molecule has 0 saturated carbocycles. The number of amides is 1. The summed E-state index contributed by atoms with van der Waals surface area (Å²) >= 11 is 1.21. The SMILES string of the molecule is COCC(C)(CC(=O)O)NC(=O)c1cnc(-c2ccc3c(c2)OCO3)s1. The summed E-state index contributed by atoms with van der Waals surface area (Å²) in [7, 11) is 1.46. The van der Waals surface area contributed by atoms with Crippen LogP contribution < -0.4 is 14.8 Å². The van der Waals surface area contributed by atoms with Crippen LogP contribution in [0.2, 0.25) is 0 Å². The van der Waals surface area contributed by atoms with E-state index in [2.05, 4.69) is 10.3 Å². The summed E-state index contributed by atoms with van der Waals surface area (Å²) in [5.74, 6) is -0.101. The van der Waals surface area contributed by atoms with Gasteiger partial charge in [-0.25, -0.2) is 4.98 Å². The molecular weight excluding hydrogens is 360 g/mol. The van der Waals surface area contributed by atoms with E-state index in [4.69, 9.17) is 19.3 Å². The Morgan fingerprint density at radius 3 is 2.88 bits per heavy atom. The Kier molecular flexibility index (Phi) is 5.10. The molecule has 1 aliphatic rings. The Balaban J connectivity index is 1.76. The number of aromatic nitrogens is 1. The van der Waals surface area contributed by atoms with Gasteiger partial charge in [0, 0.05) is 12.7 Å². The molecule has 1 aromatic carbocycles. The number of carboxylic acids is 1. The van der Waals surface area contributed by atoms with Gasteiger partial charge in [-0.1, -0.05) is 0 Å². The lowest BCUT2D eigenvalue weighted by molar-refractivity contribution is -0.139. The third-order valence-electron chi connectivity index (χ3n) is 3.77. The molecule has 0 radical (unpaired) electrons. The monoisotopic (exact) mass is 378 g/mol. The number of carbonyl (C=O) groups excluding carboxylic acids is 1. The van der Waals surface area contributed by atoms with Crippen LogP contribution in [0.15, 0.2) is 24.4 Å². The van der Waals surface area contributed by atoms with Crippen LogP contribution in [0.3, 0.4) is 0 Å². The Morgan fingerprint density at radius 1 is 1.38 bits per heavy atom. The molecule has 8 nitrogen and oxygen atoms in total. The zero-order valence-electron chi connectivity index (χ0n) is 14.3. The summed E-state index contributed by atoms with van der Waals surface area (Å²) in [5, 5.41) is 12.4. The molecule has 1 aromatic heterocycles. The highest BCUT2D eigenvalue weighted by Gasteiger charge is 2.30. The van der Waals surface area contributed by atoms with Crippen LogP contribution in [-0.4, -0.2) is 48.0 Å². The van der Waals surface area contributed by atoms with Gasteiger partial charge in [-0.05, 0) is 25.1 Å². The maximum atomic E-state index is 12.5. The van der Waals surface area contributed by atoms with Gasteiger partial charge >= 0.3 is 5.97 Å². The van der Waals surface area contributed by atoms with E-state index in [0.717, 1.165) is 5.56 Å². The largest absolute Gasteiger partial charge is 0.481 e. The van der Waals surface area contributed by atoms with E-state index in [9.17, 15) is 9.59 Å². The van der Waals surface area contributed by atoms with Gasteiger partial charge in [0.2, 0.25) is 6.79 Å². The number of hydrogen-bond donors (Lipinski definition) is 2. The van der Waals surface area contributed by atoms with E-state index in [1.54, 1.807) is 13.0 Å². The van der Waals surface area contributed by atoms with E-state index in [0.29, 0.717) is 21.4 Å². The summed E-state index contributed by atoms with van der Waals surface area (Å²) in [6, 6.07) is 5.44. The van der Waals surface area contributed by atoms with E-state index >= 15 is 0 Å². The third-order valence-corrected chi connectivity index (χ3v) is 4.81. The highest BCUT2D eigenvalue weighted by Crippen LogP contribution is 2.37. The van der Waals surface area contributed by atoms with Crippen molar-refractivity contribution in [1.82, 2.24) is 10.3 Å². The first-order valence-electron chi connectivity index (χ1n) is 7.79. The number of nitrogens with zero attached hydrogens (tertiary/aromatic N) is 1. The molecule has 0 spiro atoms. The fraction of sp³-hybridized carbons (Fsp3) is 0.353. The normalized spacial score (nSPS) is 14.7. The topological polar surface area (TPSA) is 107 Å². The fourth-order valence-corrected chi connectivity index (χ4v) is 3.47. The number of carboxylic acid groups (broad SMARTS) is 1. The first-order chi connectivity index (χ1) is 12.4. The molecule has 0 fully saturated rings. The predicted octanol–water partition coefficient (Wildman–Crippen LogP) is 2.15. The third kappa shape index (κ3) is 3.94. The number of thiazole rings is 1. The number of ether oxygens (including phenoxy) is 3. The van der Waals surface area contributed by atoms with Crippen molar-refractivity contribution in [2.24, 2.45) is 0 Å². The van der Waals surface area contributed by atoms with E-state index in [1.165, 1.54) is 24.6 Å². The number of nitrogens with one attached hydrogen (secondary N) is 1. The number of rotatable bonds is 7. The minimum absolute atomic E-state index is 0.0822. The second-order valence-corrected chi connectivity index (χ2v) is 7.15. The molecule has 138 valence electrons. The number of hydrogen-bond acceptors (Lipinski definition) is 7. The van der Waals surface area contributed by atoms with Crippen molar-refractivity contribution in [3.05, 3.63) is 29.3 Å². The van der Waals surface area contributed by atoms with Crippen molar-refractivity contribution < 1.29 is 28.9 Å². The van der Waals surface area contributed by atoms with Crippen molar-refractivity contribution in [2.45, 2.75) is 18.9 Å². The predicted molar refractivity (Wildman–Crippen MR) is 93.7 cm³/mol. The van der Waals surface area contributed by atoms with Crippen molar-refractivity contribution in [3.63, 3.8) is 0 Å². The molecule has 2 N–H and O–H groups in total. The van der Waals surface area contributed by atoms with Crippen LogP contribution in [0, 0.1) is 0 Å². The van der Waals surface area contributed by atoms with Crippen LogP contribution in [0.5, 0.6) is 11.5 Å². The number of fused-ring (bicyclic) bond motifs is 1. The van der Waals surface area contributed by atoms with Gasteiger partial charge < -0.3 is 24.6 Å². The van der Waals surface area contributed by atoms with Crippen molar-refractivity contribution in [2.75, 3.05) is 20.5 Å². The van der Waals surface area contributed by atoms with Crippen LogP contribution in [0.25, 0.3) is 10.6 Å². The highest BCUT2D eigenvalue weighted by atomic mass is 32.1. The average molecular weight is 378 g/mol. The van der Waals surface area contributed by atoms with Crippen molar-refractivity contribution in [1.29, 1.82) is 0 Å². The number of aliphatic carboxylic acids is 1. The summed E-state index contributed by atoms with van der Waals surface area (Å²) in [4.78, 5) is 28.2. The lowest BCUT2D eigenvalue weighted by atomic mass is 9.99. The molecule has 1 aliphatic heterocycles. The molecule has 2 heterocycles. The van der Waals surface area contributed by atoms with Gasteiger partial charge in [0.15, 0.2) is 11.5 Å². The number of methoxy groups -OCH3 is 1. The van der Waals surface area contributed by atoms with E-state index in [-0.39, 0.29) is 19.8 Å². The smallest absolute Gasteiger partial charge is 0.305 e. The Labute approximate surface area is 153 Å². The Morgan fingerprint density at radius 2 is 2.15 bits per heavy atom. The highest BCUT2D eigenvalue weighted by molar-refractivity contribution is 7.16. The summed E-state index contributed by atoms with van der Waals surface area (Å²) in [5.41, 5.74) is -0.205. The number of carbonyl (C=O) groups is 2. The first-order valence-corrected chi connectivity index (χ1v) is 8.61. The molecule has 3 rings (SSSR count). The fourth-order valence-electron chi connectivity index (χ4n) is 2.66. The molecule has 0 saturated heterocycles. The molecule has 2 aromatic rings. The maximum absolute atomic E-state index is 12.5. The summed E-state index contributed by atoms with van der Waals surface area (Å²) < 4.78 is 15.7. The Hall–Kier alpha value is -2.65. The number of benzene rings is 1. The van der Waals surface area contributed by atoms with E-state index in [1.807, 2.05) is 12.1 Å². The zero-order valence-corrected chi connectivity index (χ0v) is 15.1. The molecule has 0 aliphatic carbocycles. The molecule has 1 unspecified atom stereocenters. The maximum Gasteiger partial charge on any atom is 0.305 e. The van der Waals surface area contributed by atoms with Crippen LogP contribution in [0.1, 0.15) is 23.0 Å². The molecule has 0 bridgehead atoms. The second kappa shape index (κ2) is 7.30. The standard InChI is InChI=1S/C17H18N2O6S/c1-17(8-23-2,6-14(20)21)19-15(22)13-7-18-16(26-13)10-3-4-11-12(5-10)25-9-24-11/h3-5,7H,6,8-9H2,1-2H3,(H,19,22)(H,20,21). The molecule has 26 heavy (non-hydrogen) atoms. The lowest BCUT2D eigenvalue weighted by Gasteiger charge is -2.28. The minimum Gasteiger partial charge on any atom is -0.481 e. The van der Waals surface area contributed by atoms with Crippen LogP contribution >= 0.6 is 11.3 Å². The zero-order chi connectivity index (χ0) is 18.7. The van der Waals surface area contributed by atoms with Crippen molar-refractivity contribution >= 4 is 23.2 Å². The van der Waals surface area contributed by atoms with Gasteiger partial charge in [-0.15, -0.1) is 11.3 Å². The first kappa shape index (κ1) is 18.2. The molecular formula is C17H18N2O6S. The average Bonchev–Trinajstić information content (AvgIpc) is 3.22. The van der Waals surface area contributed by atoms with Gasteiger partial charge in [0.25, 0.3) is 5.91 Å². The van der Waals surface area contributed by atoms with Gasteiger partial charge in [-0.3, -0.25) is 9.59 Å². The Bertz CT molecular complexity index is 836. The van der Waals surface area contributed by atoms with E-state index < -0.39 is 17.4 Å². The van der Waals surface area contributed by atoms with Crippen LogP contribution in [-0.2, 0) is 9.53 Å². The second-order valence-electron chi connectivity index (χ2n) is 6.12. The van der Waals surface area contributed by atoms with Gasteiger partial charge in [-0.2, -0.15) is 0 Å². The van der Waals surface area contributed by atoms with Crippen LogP contribution in [0.4, 0.5) is 0 Å². The van der Waals surface area contributed by atoms with Gasteiger partial charge in [0.1, 0.15) is 9.88 Å². The van der Waals surface area contributed by atoms with Crippen molar-refractivity contribution in [3.8, 4) is 22.1 Å². The minimum atomic E-state index is -1.02. The molecule has 1 atom stereocenters. The lowest BCUT2D eigenvalue weighted by Crippen LogP contribution is -2.50. The molecule has 9 heteroatoms. The van der Waals surface area contributed by atoms with Gasteiger partial charge in [0.05, 0.1) is 24.8 Å². The summed E-state index contributed by atoms with van der Waals surface area (Å²) in [6.07, 6.45) is 1.22. The quantitative estimate of drug-likeness (QED) is 0.760. The summed E-state index contributed by atoms with van der Waals surface area (Å²) in [6.45, 7) is 1.90.